The minimum absolute atomic E-state index is 0.0448. The van der Waals surface area contributed by atoms with E-state index in [9.17, 15) is 4.79 Å². The Kier molecular flexibility index (Phi) is 8.86. The van der Waals surface area contributed by atoms with Crippen LogP contribution in [0, 0.1) is 19.8 Å². The van der Waals surface area contributed by atoms with Gasteiger partial charge in [-0.05, 0) is 88.4 Å². The van der Waals surface area contributed by atoms with Crippen molar-refractivity contribution in [2.24, 2.45) is 11.1 Å². The lowest BCUT2D eigenvalue weighted by atomic mass is 9.82. The molecule has 2 aliphatic rings. The van der Waals surface area contributed by atoms with Crippen LogP contribution < -0.4 is 0 Å². The minimum atomic E-state index is -0.0448. The third kappa shape index (κ3) is 6.01. The Balaban J connectivity index is 1.38. The van der Waals surface area contributed by atoms with Crippen molar-refractivity contribution in [1.82, 2.24) is 9.80 Å². The van der Waals surface area contributed by atoms with Gasteiger partial charge >= 0.3 is 0 Å². The molecule has 0 saturated carbocycles. The van der Waals surface area contributed by atoms with Gasteiger partial charge in [0.05, 0.1) is 12.3 Å². The molecule has 4 rings (SSSR count). The lowest BCUT2D eigenvalue weighted by Gasteiger charge is -2.49. The molecule has 1 N–H and O–H groups in total. The first-order valence-electron chi connectivity index (χ1n) is 13.0. The number of halogens is 1. The SMILES string of the molecule is Cc1cccc(C)c1C(=O)N1CCC(C)(N2CCC(/C(=N\OCCO)c3ccc(Br)cc3)CC2)CC1. The number of aliphatic hydroxyl groups excluding tert-OH is 1. The lowest BCUT2D eigenvalue weighted by molar-refractivity contribution is 0.0160. The predicted molar refractivity (Wildman–Crippen MR) is 147 cm³/mol. The van der Waals surface area contributed by atoms with E-state index in [-0.39, 0.29) is 24.7 Å². The number of likely N-dealkylation sites (tertiary alicyclic amines) is 2. The summed E-state index contributed by atoms with van der Waals surface area (Å²) in [5.74, 6) is 0.486. The van der Waals surface area contributed by atoms with Crippen molar-refractivity contribution in [3.8, 4) is 0 Å². The van der Waals surface area contributed by atoms with Gasteiger partial charge in [-0.15, -0.1) is 0 Å². The van der Waals surface area contributed by atoms with Gasteiger partial charge in [-0.25, -0.2) is 0 Å². The van der Waals surface area contributed by atoms with Crippen LogP contribution in [0.25, 0.3) is 0 Å². The first-order chi connectivity index (χ1) is 17.3. The molecule has 0 spiro atoms. The predicted octanol–water partition coefficient (Wildman–Crippen LogP) is 5.19. The monoisotopic (exact) mass is 555 g/mol. The number of hydrogen-bond donors (Lipinski definition) is 1. The molecule has 0 aromatic heterocycles. The number of oxime groups is 1. The average molecular weight is 557 g/mol. The van der Waals surface area contributed by atoms with E-state index >= 15 is 0 Å². The largest absolute Gasteiger partial charge is 0.393 e. The van der Waals surface area contributed by atoms with E-state index < -0.39 is 0 Å². The molecule has 2 saturated heterocycles. The molecule has 0 unspecified atom stereocenters. The molecular formula is C29H38BrN3O3. The van der Waals surface area contributed by atoms with Crippen molar-refractivity contribution in [1.29, 1.82) is 0 Å². The van der Waals surface area contributed by atoms with E-state index in [1.807, 2.05) is 49.1 Å². The van der Waals surface area contributed by atoms with Gasteiger partial charge in [0.25, 0.3) is 5.91 Å². The number of carbonyl (C=O) groups is 1. The smallest absolute Gasteiger partial charge is 0.254 e. The van der Waals surface area contributed by atoms with Crippen molar-refractivity contribution in [3.05, 3.63) is 69.2 Å². The fourth-order valence-electron chi connectivity index (χ4n) is 5.65. The summed E-state index contributed by atoms with van der Waals surface area (Å²) in [5.41, 5.74) is 5.12. The average Bonchev–Trinajstić information content (AvgIpc) is 2.88. The van der Waals surface area contributed by atoms with E-state index in [2.05, 4.69) is 45.0 Å². The van der Waals surface area contributed by atoms with Crippen molar-refractivity contribution in [3.63, 3.8) is 0 Å². The normalized spacial score (nSPS) is 19.4. The number of aryl methyl sites for hydroxylation is 2. The molecule has 0 aliphatic carbocycles. The summed E-state index contributed by atoms with van der Waals surface area (Å²) in [4.78, 5) is 23.4. The fraction of sp³-hybridized carbons (Fsp3) is 0.517. The second kappa shape index (κ2) is 11.9. The fourth-order valence-corrected chi connectivity index (χ4v) is 5.91. The van der Waals surface area contributed by atoms with E-state index in [1.165, 1.54) is 0 Å². The Morgan fingerprint density at radius 3 is 2.25 bits per heavy atom. The van der Waals surface area contributed by atoms with Gasteiger partial charge in [0.15, 0.2) is 0 Å². The van der Waals surface area contributed by atoms with Gasteiger partial charge in [-0.2, -0.15) is 0 Å². The van der Waals surface area contributed by atoms with Gasteiger partial charge in [0, 0.05) is 34.6 Å². The van der Waals surface area contributed by atoms with Crippen LogP contribution >= 0.6 is 15.9 Å². The number of benzene rings is 2. The maximum absolute atomic E-state index is 13.3. The third-order valence-electron chi connectivity index (χ3n) is 7.95. The highest BCUT2D eigenvalue weighted by molar-refractivity contribution is 9.10. The first kappa shape index (κ1) is 26.8. The maximum atomic E-state index is 13.3. The van der Waals surface area contributed by atoms with E-state index in [1.54, 1.807) is 0 Å². The molecule has 2 aromatic carbocycles. The Hall–Kier alpha value is -2.22. The molecule has 1 amide bonds. The number of hydrogen-bond acceptors (Lipinski definition) is 5. The molecule has 0 bridgehead atoms. The zero-order valence-electron chi connectivity index (χ0n) is 21.7. The first-order valence-corrected chi connectivity index (χ1v) is 13.8. The van der Waals surface area contributed by atoms with Gasteiger partial charge < -0.3 is 14.8 Å². The summed E-state index contributed by atoms with van der Waals surface area (Å²) < 4.78 is 1.03. The van der Waals surface area contributed by atoms with Gasteiger partial charge in [0.2, 0.25) is 0 Å². The molecule has 7 heteroatoms. The number of amides is 1. The number of carbonyl (C=O) groups excluding carboxylic acids is 1. The standard InChI is InChI=1S/C29H38BrN3O3/c1-21-5-4-6-22(2)26(21)28(35)32-17-13-29(3,14-18-32)33-15-11-24(12-16-33)27(31-36-20-19-34)23-7-9-25(30)10-8-23/h4-10,24,34H,11-20H2,1-3H3/b31-27-. The highest BCUT2D eigenvalue weighted by Gasteiger charge is 2.39. The third-order valence-corrected chi connectivity index (χ3v) is 8.48. The van der Waals surface area contributed by atoms with Gasteiger partial charge in [0.1, 0.15) is 6.61 Å². The Labute approximate surface area is 223 Å². The quantitative estimate of drug-likeness (QED) is 0.290. The molecule has 194 valence electrons. The number of nitrogens with zero attached hydrogens (tertiary/aromatic N) is 3. The summed E-state index contributed by atoms with van der Waals surface area (Å²) in [5, 5.41) is 13.6. The molecule has 0 radical (unpaired) electrons. The van der Waals surface area contributed by atoms with Crippen LogP contribution in [-0.4, -0.2) is 71.5 Å². The second-order valence-electron chi connectivity index (χ2n) is 10.4. The molecule has 2 heterocycles. The molecule has 2 aromatic rings. The molecule has 6 nitrogen and oxygen atoms in total. The molecule has 0 atom stereocenters. The molecule has 2 fully saturated rings. The lowest BCUT2D eigenvalue weighted by Crippen LogP contribution is -2.56. The van der Waals surface area contributed by atoms with Crippen LogP contribution in [0.5, 0.6) is 0 Å². The molecule has 2 aliphatic heterocycles. The van der Waals surface area contributed by atoms with Crippen molar-refractivity contribution < 1.29 is 14.7 Å². The topological polar surface area (TPSA) is 65.4 Å². The van der Waals surface area contributed by atoms with E-state index in [0.717, 1.165) is 84.3 Å². The van der Waals surface area contributed by atoms with Crippen LogP contribution in [0.4, 0.5) is 0 Å². The van der Waals surface area contributed by atoms with Gasteiger partial charge in [-0.1, -0.05) is 51.4 Å². The van der Waals surface area contributed by atoms with Crippen LogP contribution in [0.15, 0.2) is 52.1 Å². The number of aliphatic hydroxyl groups is 1. The van der Waals surface area contributed by atoms with Crippen molar-refractivity contribution >= 4 is 27.5 Å². The Morgan fingerprint density at radius 1 is 1.06 bits per heavy atom. The maximum Gasteiger partial charge on any atom is 0.254 e. The van der Waals surface area contributed by atoms with Crippen molar-refractivity contribution in [2.75, 3.05) is 39.4 Å². The van der Waals surface area contributed by atoms with Crippen LogP contribution in [0.2, 0.25) is 0 Å². The van der Waals surface area contributed by atoms with Crippen LogP contribution in [-0.2, 0) is 4.84 Å². The van der Waals surface area contributed by atoms with Crippen LogP contribution in [0.1, 0.15) is 59.7 Å². The molecular weight excluding hydrogens is 518 g/mol. The van der Waals surface area contributed by atoms with E-state index in [0.29, 0.717) is 5.92 Å². The summed E-state index contributed by atoms with van der Waals surface area (Å²) in [7, 11) is 0. The summed E-state index contributed by atoms with van der Waals surface area (Å²) >= 11 is 3.51. The Morgan fingerprint density at radius 2 is 1.67 bits per heavy atom. The van der Waals surface area contributed by atoms with Gasteiger partial charge in [-0.3, -0.25) is 9.69 Å². The summed E-state index contributed by atoms with van der Waals surface area (Å²) in [6.45, 7) is 10.2. The highest BCUT2D eigenvalue weighted by atomic mass is 79.9. The van der Waals surface area contributed by atoms with Crippen molar-refractivity contribution in [2.45, 2.75) is 52.0 Å². The van der Waals surface area contributed by atoms with Crippen LogP contribution in [0.3, 0.4) is 0 Å². The molecule has 36 heavy (non-hydrogen) atoms. The van der Waals surface area contributed by atoms with E-state index in [4.69, 9.17) is 9.94 Å². The number of piperidine rings is 2. The summed E-state index contributed by atoms with van der Waals surface area (Å²) in [6.07, 6.45) is 4.00. The zero-order chi connectivity index (χ0) is 25.7. The number of rotatable bonds is 7. The highest BCUT2D eigenvalue weighted by Crippen LogP contribution is 2.34. The zero-order valence-corrected chi connectivity index (χ0v) is 23.3. The summed E-state index contributed by atoms with van der Waals surface area (Å²) in [6, 6.07) is 14.3. The Bertz CT molecular complexity index is 1050. The minimum Gasteiger partial charge on any atom is -0.393 e. The second-order valence-corrected chi connectivity index (χ2v) is 11.3.